The van der Waals surface area contributed by atoms with Crippen molar-refractivity contribution in [3.63, 3.8) is 0 Å². The Labute approximate surface area is 168 Å². The first-order valence-corrected chi connectivity index (χ1v) is 9.18. The van der Waals surface area contributed by atoms with E-state index in [4.69, 9.17) is 15.2 Å². The topological polar surface area (TPSA) is 89.2 Å². The van der Waals surface area contributed by atoms with Crippen molar-refractivity contribution >= 4 is 23.2 Å². The highest BCUT2D eigenvalue weighted by Crippen LogP contribution is 2.68. The van der Waals surface area contributed by atoms with Gasteiger partial charge in [0.05, 0.1) is 25.3 Å². The minimum absolute atomic E-state index is 0.0946. The Hall–Kier alpha value is -3.29. The summed E-state index contributed by atoms with van der Waals surface area (Å²) < 4.78 is 25.5. The van der Waals surface area contributed by atoms with Crippen LogP contribution in [-0.2, 0) is 10.3 Å². The van der Waals surface area contributed by atoms with E-state index in [1.165, 1.54) is 11.0 Å². The Bertz CT molecular complexity index is 1040. The molecule has 1 unspecified atom stereocenters. The number of anilines is 2. The number of guanidine groups is 1. The number of nitrogens with zero attached hydrogens (tertiary/aromatic N) is 2. The molecule has 1 aliphatic carbocycles. The summed E-state index contributed by atoms with van der Waals surface area (Å²) in [5.41, 5.74) is 5.79. The van der Waals surface area contributed by atoms with Gasteiger partial charge in [-0.25, -0.2) is 9.38 Å². The molecule has 2 atom stereocenters. The predicted molar refractivity (Wildman–Crippen MR) is 108 cm³/mol. The summed E-state index contributed by atoms with van der Waals surface area (Å²) in [6, 6.07) is 10.0. The minimum atomic E-state index is -0.985. The lowest BCUT2D eigenvalue weighted by molar-refractivity contribution is -0.132. The summed E-state index contributed by atoms with van der Waals surface area (Å²) >= 11 is 0. The van der Waals surface area contributed by atoms with Crippen LogP contribution >= 0.6 is 0 Å². The molecule has 0 bridgehead atoms. The summed E-state index contributed by atoms with van der Waals surface area (Å²) in [5.74, 6) is 0.783. The van der Waals surface area contributed by atoms with Crippen LogP contribution in [0.4, 0.5) is 15.8 Å². The highest BCUT2D eigenvalue weighted by Gasteiger charge is 2.74. The molecule has 7 nitrogen and oxygen atoms in total. The number of fused-ring (bicyclic) bond motifs is 1. The van der Waals surface area contributed by atoms with Crippen LogP contribution in [0.3, 0.4) is 0 Å². The number of benzene rings is 2. The van der Waals surface area contributed by atoms with Crippen LogP contribution in [0.25, 0.3) is 0 Å². The van der Waals surface area contributed by atoms with Crippen molar-refractivity contribution in [1.29, 1.82) is 0 Å². The van der Waals surface area contributed by atoms with Crippen LogP contribution in [0, 0.1) is 11.2 Å². The van der Waals surface area contributed by atoms with Crippen LogP contribution in [0.1, 0.15) is 18.9 Å². The Morgan fingerprint density at radius 2 is 1.97 bits per heavy atom. The molecule has 2 aromatic rings. The van der Waals surface area contributed by atoms with Gasteiger partial charge in [0.25, 0.3) is 0 Å². The van der Waals surface area contributed by atoms with Gasteiger partial charge in [0, 0.05) is 24.4 Å². The lowest BCUT2D eigenvalue weighted by Crippen LogP contribution is -2.48. The van der Waals surface area contributed by atoms with Crippen molar-refractivity contribution in [3.05, 3.63) is 47.8 Å². The van der Waals surface area contributed by atoms with Crippen LogP contribution < -0.4 is 20.5 Å². The maximum absolute atomic E-state index is 14.8. The molecule has 29 heavy (non-hydrogen) atoms. The standard InChI is InChI=1S/C21H23FN4O3/c1-20-11-21(20,25-19(23)26(2)18(20)27)14-9-12(5-7-15(14)22)24-16-10-13(28-3)6-8-17(16)29-4/h5-10,24H,11H2,1-4H3,(H2,23,25)/t20?,21-/m1/s1. The number of rotatable bonds is 5. The van der Waals surface area contributed by atoms with Crippen LogP contribution in [0.15, 0.2) is 41.4 Å². The molecule has 1 amide bonds. The monoisotopic (exact) mass is 398 g/mol. The van der Waals surface area contributed by atoms with Crippen LogP contribution in [0.2, 0.25) is 0 Å². The quantitative estimate of drug-likeness (QED) is 0.808. The Morgan fingerprint density at radius 3 is 2.66 bits per heavy atom. The predicted octanol–water partition coefficient (Wildman–Crippen LogP) is 2.98. The first-order valence-electron chi connectivity index (χ1n) is 9.18. The Balaban J connectivity index is 1.75. The Kier molecular flexibility index (Phi) is 4.18. The molecule has 1 heterocycles. The van der Waals surface area contributed by atoms with Gasteiger partial charge in [-0.15, -0.1) is 0 Å². The largest absolute Gasteiger partial charge is 0.497 e. The highest BCUT2D eigenvalue weighted by atomic mass is 19.1. The first-order chi connectivity index (χ1) is 13.8. The van der Waals surface area contributed by atoms with E-state index in [1.54, 1.807) is 58.5 Å². The molecule has 152 valence electrons. The fraction of sp³-hybridized carbons (Fsp3) is 0.333. The molecule has 0 spiro atoms. The second-order valence-electron chi connectivity index (χ2n) is 7.59. The van der Waals surface area contributed by atoms with Gasteiger partial charge in [-0.3, -0.25) is 9.69 Å². The molecule has 0 radical (unpaired) electrons. The maximum atomic E-state index is 14.8. The number of ether oxygens (including phenoxy) is 2. The van der Waals surface area contributed by atoms with Gasteiger partial charge < -0.3 is 20.5 Å². The number of hydrogen-bond acceptors (Lipinski definition) is 6. The fourth-order valence-electron chi connectivity index (χ4n) is 4.07. The molecular weight excluding hydrogens is 375 g/mol. The van der Waals surface area contributed by atoms with E-state index < -0.39 is 16.8 Å². The number of methoxy groups -OCH3 is 2. The number of carbonyl (C=O) groups is 1. The van der Waals surface area contributed by atoms with Crippen molar-refractivity contribution in [2.75, 3.05) is 26.6 Å². The van der Waals surface area contributed by atoms with Gasteiger partial charge in [-0.2, -0.15) is 0 Å². The summed E-state index contributed by atoms with van der Waals surface area (Å²) in [7, 11) is 4.73. The zero-order valence-corrected chi connectivity index (χ0v) is 16.7. The molecule has 2 aliphatic rings. The number of aliphatic imine (C=N–C) groups is 1. The van der Waals surface area contributed by atoms with Crippen molar-refractivity contribution in [2.24, 2.45) is 16.1 Å². The van der Waals surface area contributed by atoms with E-state index in [2.05, 4.69) is 10.3 Å². The van der Waals surface area contributed by atoms with Gasteiger partial charge in [-0.05, 0) is 43.7 Å². The van der Waals surface area contributed by atoms with Crippen molar-refractivity contribution in [2.45, 2.75) is 18.9 Å². The molecule has 2 aromatic carbocycles. The second-order valence-corrected chi connectivity index (χ2v) is 7.59. The third kappa shape index (κ3) is 2.70. The van der Waals surface area contributed by atoms with Gasteiger partial charge in [0.2, 0.25) is 5.91 Å². The Morgan fingerprint density at radius 1 is 1.21 bits per heavy atom. The fourth-order valence-corrected chi connectivity index (χ4v) is 4.07. The zero-order chi connectivity index (χ0) is 21.0. The van der Waals surface area contributed by atoms with E-state index in [0.717, 1.165) is 0 Å². The van der Waals surface area contributed by atoms with Gasteiger partial charge >= 0.3 is 0 Å². The lowest BCUT2D eigenvalue weighted by Gasteiger charge is -2.30. The van der Waals surface area contributed by atoms with E-state index in [9.17, 15) is 9.18 Å². The molecule has 3 N–H and O–H groups in total. The number of carbonyl (C=O) groups excluding carboxylic acids is 1. The number of hydrogen-bond donors (Lipinski definition) is 2. The van der Waals surface area contributed by atoms with E-state index in [1.807, 2.05) is 0 Å². The van der Waals surface area contributed by atoms with Crippen molar-refractivity contribution < 1.29 is 18.7 Å². The third-order valence-electron chi connectivity index (χ3n) is 5.92. The summed E-state index contributed by atoms with van der Waals surface area (Å²) in [6.07, 6.45) is 0.409. The number of nitrogens with two attached hydrogens (primary N) is 1. The zero-order valence-electron chi connectivity index (χ0n) is 16.7. The second kappa shape index (κ2) is 6.37. The molecule has 0 saturated heterocycles. The summed E-state index contributed by atoms with van der Waals surface area (Å²) in [6.45, 7) is 1.80. The average Bonchev–Trinajstić information content (AvgIpc) is 3.34. The molecule has 8 heteroatoms. The van der Waals surface area contributed by atoms with E-state index in [0.29, 0.717) is 34.9 Å². The molecule has 0 aromatic heterocycles. The third-order valence-corrected chi connectivity index (χ3v) is 5.92. The number of halogens is 1. The normalized spacial score (nSPS) is 25.2. The molecule has 4 rings (SSSR count). The lowest BCUT2D eigenvalue weighted by atomic mass is 9.92. The smallest absolute Gasteiger partial charge is 0.237 e. The first kappa shape index (κ1) is 19.0. The summed E-state index contributed by atoms with van der Waals surface area (Å²) in [4.78, 5) is 18.6. The van der Waals surface area contributed by atoms with E-state index in [-0.39, 0.29) is 11.9 Å². The molecule has 1 aliphatic heterocycles. The number of amides is 1. The highest BCUT2D eigenvalue weighted by molar-refractivity contribution is 6.04. The van der Waals surface area contributed by atoms with Crippen molar-refractivity contribution in [1.82, 2.24) is 4.90 Å². The molecule has 1 fully saturated rings. The average molecular weight is 398 g/mol. The van der Waals surface area contributed by atoms with Gasteiger partial charge in [-0.1, -0.05) is 0 Å². The van der Waals surface area contributed by atoms with Gasteiger partial charge in [0.1, 0.15) is 22.9 Å². The SMILES string of the molecule is COc1ccc(OC)c(Nc2ccc(F)c([C@]34CC3(C)C(=O)N(C)C(N)=N4)c2)c1. The maximum Gasteiger partial charge on any atom is 0.237 e. The summed E-state index contributed by atoms with van der Waals surface area (Å²) in [5, 5.41) is 3.24. The van der Waals surface area contributed by atoms with Crippen LogP contribution in [0.5, 0.6) is 11.5 Å². The van der Waals surface area contributed by atoms with Gasteiger partial charge in [0.15, 0.2) is 5.96 Å². The van der Waals surface area contributed by atoms with Crippen LogP contribution in [-0.4, -0.2) is 38.0 Å². The van der Waals surface area contributed by atoms with Crippen molar-refractivity contribution in [3.8, 4) is 11.5 Å². The molecular formula is C21H23FN4O3. The van der Waals surface area contributed by atoms with E-state index >= 15 is 0 Å². The number of nitrogens with one attached hydrogen (secondary N) is 1. The minimum Gasteiger partial charge on any atom is -0.497 e. The molecule has 1 saturated carbocycles.